The molecule has 0 atom stereocenters. The topological polar surface area (TPSA) is 55.4 Å². The standard InChI is InChI=1S/C7H16O6/c1-8-3-10-5-12-7-13-6-11-4-9-2/h3-7H2,1-2H3. The van der Waals surface area contributed by atoms with Crippen molar-refractivity contribution in [2.75, 3.05) is 48.2 Å². The van der Waals surface area contributed by atoms with Gasteiger partial charge in [-0.05, 0) is 0 Å². The molecule has 0 N–H and O–H groups in total. The summed E-state index contributed by atoms with van der Waals surface area (Å²) in [5.41, 5.74) is 0. The summed E-state index contributed by atoms with van der Waals surface area (Å²) in [6, 6.07) is 0. The van der Waals surface area contributed by atoms with Gasteiger partial charge in [-0.25, -0.2) is 0 Å². The van der Waals surface area contributed by atoms with Crippen LogP contribution in [0.1, 0.15) is 0 Å². The molecular weight excluding hydrogens is 180 g/mol. The Labute approximate surface area is 77.6 Å². The van der Waals surface area contributed by atoms with Gasteiger partial charge < -0.3 is 28.4 Å². The van der Waals surface area contributed by atoms with E-state index in [4.69, 9.17) is 18.9 Å². The summed E-state index contributed by atoms with van der Waals surface area (Å²) in [4.78, 5) is 0. The number of methoxy groups -OCH3 is 2. The monoisotopic (exact) mass is 196 g/mol. The second-order valence-corrected chi connectivity index (χ2v) is 1.98. The number of ether oxygens (including phenoxy) is 6. The van der Waals surface area contributed by atoms with E-state index in [2.05, 4.69) is 9.47 Å². The molecule has 0 unspecified atom stereocenters. The van der Waals surface area contributed by atoms with Crippen LogP contribution in [0.5, 0.6) is 0 Å². The summed E-state index contributed by atoms with van der Waals surface area (Å²) in [7, 11) is 3.07. The van der Waals surface area contributed by atoms with Crippen LogP contribution in [0.4, 0.5) is 0 Å². The maximum atomic E-state index is 4.87. The lowest BCUT2D eigenvalue weighted by Crippen LogP contribution is -2.09. The van der Waals surface area contributed by atoms with Crippen molar-refractivity contribution in [2.45, 2.75) is 0 Å². The molecule has 0 aromatic carbocycles. The largest absolute Gasteiger partial charge is 0.359 e. The van der Waals surface area contributed by atoms with E-state index in [-0.39, 0.29) is 34.0 Å². The molecule has 0 saturated heterocycles. The second kappa shape index (κ2) is 11.8. The third-order valence-electron chi connectivity index (χ3n) is 0.902. The predicted molar refractivity (Wildman–Crippen MR) is 42.7 cm³/mol. The second-order valence-electron chi connectivity index (χ2n) is 1.98. The molecule has 0 bridgehead atoms. The van der Waals surface area contributed by atoms with Crippen LogP contribution in [0.25, 0.3) is 0 Å². The molecule has 0 spiro atoms. The van der Waals surface area contributed by atoms with Crippen LogP contribution in [-0.4, -0.2) is 48.2 Å². The van der Waals surface area contributed by atoms with Crippen molar-refractivity contribution in [3.8, 4) is 0 Å². The van der Waals surface area contributed by atoms with Gasteiger partial charge in [0.15, 0.2) is 20.4 Å². The Morgan fingerprint density at radius 3 is 1.15 bits per heavy atom. The lowest BCUT2D eigenvalue weighted by molar-refractivity contribution is -0.201. The highest BCUT2D eigenvalue weighted by atomic mass is 16.8. The molecule has 0 aromatic heterocycles. The molecule has 0 aliphatic heterocycles. The Balaban J connectivity index is 2.76. The minimum atomic E-state index is 0.118. The number of hydrogen-bond donors (Lipinski definition) is 0. The van der Waals surface area contributed by atoms with Gasteiger partial charge in [-0.3, -0.25) is 0 Å². The smallest absolute Gasteiger partial charge is 0.152 e. The van der Waals surface area contributed by atoms with Crippen molar-refractivity contribution in [2.24, 2.45) is 0 Å². The van der Waals surface area contributed by atoms with Gasteiger partial charge >= 0.3 is 0 Å². The first-order chi connectivity index (χ1) is 6.41. The summed E-state index contributed by atoms with van der Waals surface area (Å²) < 4.78 is 28.6. The minimum absolute atomic E-state index is 0.118. The van der Waals surface area contributed by atoms with Gasteiger partial charge in [0, 0.05) is 14.2 Å². The first-order valence-electron chi connectivity index (χ1n) is 3.70. The van der Waals surface area contributed by atoms with E-state index >= 15 is 0 Å². The lowest BCUT2D eigenvalue weighted by atomic mass is 11.2. The van der Waals surface area contributed by atoms with Crippen molar-refractivity contribution in [1.82, 2.24) is 0 Å². The van der Waals surface area contributed by atoms with Crippen LogP contribution >= 0.6 is 0 Å². The molecule has 80 valence electrons. The van der Waals surface area contributed by atoms with Crippen molar-refractivity contribution in [3.63, 3.8) is 0 Å². The van der Waals surface area contributed by atoms with Crippen molar-refractivity contribution in [1.29, 1.82) is 0 Å². The summed E-state index contributed by atoms with van der Waals surface area (Å²) in [6.07, 6.45) is 0. The van der Waals surface area contributed by atoms with Crippen LogP contribution in [0.3, 0.4) is 0 Å². The summed E-state index contributed by atoms with van der Waals surface area (Å²) in [5, 5.41) is 0. The Morgan fingerprint density at radius 1 is 0.538 bits per heavy atom. The van der Waals surface area contributed by atoms with Crippen molar-refractivity contribution >= 4 is 0 Å². The summed E-state index contributed by atoms with van der Waals surface area (Å²) in [6.45, 7) is 0.810. The van der Waals surface area contributed by atoms with E-state index in [0.717, 1.165) is 0 Å². The third kappa shape index (κ3) is 11.8. The molecule has 0 saturated carbocycles. The quantitative estimate of drug-likeness (QED) is 0.366. The molecule has 6 nitrogen and oxygen atoms in total. The van der Waals surface area contributed by atoms with Gasteiger partial charge in [0.1, 0.15) is 13.6 Å². The summed E-state index contributed by atoms with van der Waals surface area (Å²) in [5.74, 6) is 0. The Kier molecular flexibility index (Phi) is 11.5. The zero-order valence-electron chi connectivity index (χ0n) is 7.99. The fraction of sp³-hybridized carbons (Fsp3) is 1.00. The SMILES string of the molecule is COCOCOCOCOCOC. The van der Waals surface area contributed by atoms with Crippen molar-refractivity contribution < 1.29 is 28.4 Å². The summed E-state index contributed by atoms with van der Waals surface area (Å²) >= 11 is 0. The molecule has 0 rings (SSSR count). The van der Waals surface area contributed by atoms with E-state index < -0.39 is 0 Å². The van der Waals surface area contributed by atoms with E-state index in [1.54, 1.807) is 0 Å². The van der Waals surface area contributed by atoms with Gasteiger partial charge in [0.05, 0.1) is 0 Å². The highest BCUT2D eigenvalue weighted by Gasteiger charge is 1.88. The fourth-order valence-corrected chi connectivity index (χ4v) is 0.480. The molecule has 0 aliphatic rings. The highest BCUT2D eigenvalue weighted by Crippen LogP contribution is 1.82. The molecule has 0 heterocycles. The normalized spacial score (nSPS) is 10.6. The predicted octanol–water partition coefficient (Wildman–Crippen LogP) is 0.133. The Bertz CT molecular complexity index is 79.1. The molecule has 0 radical (unpaired) electrons. The van der Waals surface area contributed by atoms with E-state index in [9.17, 15) is 0 Å². The molecule has 0 amide bonds. The van der Waals surface area contributed by atoms with Crippen LogP contribution in [0.2, 0.25) is 0 Å². The van der Waals surface area contributed by atoms with E-state index in [0.29, 0.717) is 0 Å². The van der Waals surface area contributed by atoms with Crippen LogP contribution < -0.4 is 0 Å². The molecule has 0 aliphatic carbocycles. The highest BCUT2D eigenvalue weighted by molar-refractivity contribution is 4.05. The molecule has 13 heavy (non-hydrogen) atoms. The first-order valence-corrected chi connectivity index (χ1v) is 3.70. The molecule has 0 aromatic rings. The number of hydrogen-bond acceptors (Lipinski definition) is 6. The lowest BCUT2D eigenvalue weighted by Gasteiger charge is -2.06. The number of rotatable bonds is 10. The van der Waals surface area contributed by atoms with Gasteiger partial charge in [-0.2, -0.15) is 0 Å². The zero-order valence-corrected chi connectivity index (χ0v) is 7.99. The fourth-order valence-electron chi connectivity index (χ4n) is 0.480. The van der Waals surface area contributed by atoms with E-state index in [1.165, 1.54) is 14.2 Å². The van der Waals surface area contributed by atoms with E-state index in [1.807, 2.05) is 0 Å². The molecule has 6 heteroatoms. The maximum absolute atomic E-state index is 4.87. The molecule has 0 fully saturated rings. The maximum Gasteiger partial charge on any atom is 0.152 e. The van der Waals surface area contributed by atoms with Crippen LogP contribution in [0, 0.1) is 0 Å². The average Bonchev–Trinajstić information content (AvgIpc) is 2.16. The Morgan fingerprint density at radius 2 is 0.846 bits per heavy atom. The zero-order chi connectivity index (χ0) is 9.78. The Hall–Kier alpha value is -0.240. The minimum Gasteiger partial charge on any atom is -0.359 e. The average molecular weight is 196 g/mol. The van der Waals surface area contributed by atoms with Crippen LogP contribution in [-0.2, 0) is 28.4 Å². The first kappa shape index (κ1) is 12.8. The van der Waals surface area contributed by atoms with Gasteiger partial charge in [-0.15, -0.1) is 0 Å². The van der Waals surface area contributed by atoms with Gasteiger partial charge in [0.2, 0.25) is 0 Å². The van der Waals surface area contributed by atoms with Gasteiger partial charge in [-0.1, -0.05) is 0 Å². The van der Waals surface area contributed by atoms with Gasteiger partial charge in [0.25, 0.3) is 0 Å². The van der Waals surface area contributed by atoms with Crippen LogP contribution in [0.15, 0.2) is 0 Å². The third-order valence-corrected chi connectivity index (χ3v) is 0.902. The van der Waals surface area contributed by atoms with Crippen molar-refractivity contribution in [3.05, 3.63) is 0 Å². The molecular formula is C7H16O6.